The molecule has 2 aliphatic rings. The molecular weight excluding hydrogens is 727 g/mol. The summed E-state index contributed by atoms with van der Waals surface area (Å²) in [5, 5.41) is 22.9. The predicted octanol–water partition coefficient (Wildman–Crippen LogP) is 4.90. The van der Waals surface area contributed by atoms with Crippen molar-refractivity contribution in [2.45, 2.75) is 135 Å². The van der Waals surface area contributed by atoms with Gasteiger partial charge in [0.25, 0.3) is 0 Å². The first-order valence-electron chi connectivity index (χ1n) is 19.3. The second-order valence-corrected chi connectivity index (χ2v) is 17.5. The minimum absolute atomic E-state index is 0.0111. The molecule has 0 saturated heterocycles. The highest BCUT2D eigenvalue weighted by Crippen LogP contribution is 2.22. The van der Waals surface area contributed by atoms with Gasteiger partial charge in [0.2, 0.25) is 27.7 Å². The minimum atomic E-state index is -4.13. The van der Waals surface area contributed by atoms with Crippen molar-refractivity contribution in [2.24, 2.45) is 5.92 Å². The van der Waals surface area contributed by atoms with E-state index in [4.69, 9.17) is 9.47 Å². The molecule has 0 spiro atoms. The number of nitrogens with one attached hydrogen (secondary N) is 4. The van der Waals surface area contributed by atoms with E-state index in [9.17, 15) is 32.7 Å². The van der Waals surface area contributed by atoms with Gasteiger partial charge in [0, 0.05) is 25.7 Å². The van der Waals surface area contributed by atoms with Crippen LogP contribution in [0.25, 0.3) is 0 Å². The van der Waals surface area contributed by atoms with Gasteiger partial charge in [0.15, 0.2) is 0 Å². The van der Waals surface area contributed by atoms with Gasteiger partial charge in [-0.3, -0.25) is 14.4 Å². The Hall–Kier alpha value is -4.21. The van der Waals surface area contributed by atoms with Crippen LogP contribution in [0.3, 0.4) is 0 Å². The highest BCUT2D eigenvalue weighted by molar-refractivity contribution is 7.89. The molecule has 306 valence electrons. The number of sulfonamides is 1. The summed E-state index contributed by atoms with van der Waals surface area (Å²) in [6.07, 6.45) is 1.59. The maximum absolute atomic E-state index is 14.1. The first-order valence-corrected chi connectivity index (χ1v) is 20.7. The topological polar surface area (TPSA) is 192 Å². The number of aliphatic hydroxyl groups excluding tert-OH is 1. The molecule has 2 heterocycles. The highest BCUT2D eigenvalue weighted by Gasteiger charge is 2.34. The second kappa shape index (κ2) is 21.2. The lowest BCUT2D eigenvalue weighted by Crippen LogP contribution is -2.57. The monoisotopic (exact) mass is 787 g/mol. The number of alkyl carbamates (subject to hydrolysis) is 1. The Labute approximate surface area is 326 Å². The van der Waals surface area contributed by atoms with E-state index in [1.807, 2.05) is 32.9 Å². The van der Waals surface area contributed by atoms with Gasteiger partial charge < -0.3 is 35.8 Å². The number of benzene rings is 2. The molecule has 15 heteroatoms. The van der Waals surface area contributed by atoms with E-state index in [0.717, 1.165) is 12.0 Å². The Morgan fingerprint density at radius 3 is 2.29 bits per heavy atom. The summed E-state index contributed by atoms with van der Waals surface area (Å²) < 4.78 is 40.7. The molecule has 4 amide bonds. The molecule has 2 bridgehead atoms. The van der Waals surface area contributed by atoms with Gasteiger partial charge in [-0.2, -0.15) is 4.31 Å². The van der Waals surface area contributed by atoms with Gasteiger partial charge in [0.05, 0.1) is 23.6 Å². The molecule has 0 aromatic heterocycles. The fraction of sp³-hybridized carbons (Fsp3) is 0.600. The van der Waals surface area contributed by atoms with Crippen molar-refractivity contribution in [3.05, 3.63) is 54.1 Å². The van der Waals surface area contributed by atoms with Crippen molar-refractivity contribution in [2.75, 3.05) is 25.0 Å². The lowest BCUT2D eigenvalue weighted by Gasteiger charge is -2.31. The maximum Gasteiger partial charge on any atom is 0.408 e. The van der Waals surface area contributed by atoms with E-state index < -0.39 is 57.8 Å². The van der Waals surface area contributed by atoms with Crippen LogP contribution in [0, 0.1) is 5.92 Å². The van der Waals surface area contributed by atoms with Crippen molar-refractivity contribution < 1.29 is 42.2 Å². The lowest BCUT2D eigenvalue weighted by atomic mass is 9.99. The molecule has 4 rings (SSSR count). The van der Waals surface area contributed by atoms with Crippen LogP contribution in [-0.4, -0.2) is 91.2 Å². The van der Waals surface area contributed by atoms with Crippen LogP contribution in [0.4, 0.5) is 10.5 Å². The first kappa shape index (κ1) is 45.2. The normalized spacial score (nSPS) is 19.5. The minimum Gasteiger partial charge on any atom is -0.494 e. The number of rotatable bonds is 13. The summed E-state index contributed by atoms with van der Waals surface area (Å²) in [5.41, 5.74) is 0.418. The Morgan fingerprint density at radius 1 is 1.02 bits per heavy atom. The van der Waals surface area contributed by atoms with Crippen molar-refractivity contribution in [1.82, 2.24) is 20.3 Å². The van der Waals surface area contributed by atoms with Gasteiger partial charge in [-0.1, -0.05) is 45.7 Å². The number of aliphatic hydroxyl groups is 1. The van der Waals surface area contributed by atoms with Gasteiger partial charge in [-0.15, -0.1) is 0 Å². The van der Waals surface area contributed by atoms with Gasteiger partial charge in [0.1, 0.15) is 23.4 Å². The third kappa shape index (κ3) is 15.5. The van der Waals surface area contributed by atoms with E-state index in [1.165, 1.54) is 35.5 Å². The number of ether oxygens (including phenoxy) is 2. The molecule has 0 radical (unpaired) electrons. The Kier molecular flexibility index (Phi) is 17.4. The van der Waals surface area contributed by atoms with Gasteiger partial charge >= 0.3 is 6.09 Å². The van der Waals surface area contributed by atoms with Crippen molar-refractivity contribution in [3.63, 3.8) is 0 Å². The third-order valence-corrected chi connectivity index (χ3v) is 10.9. The number of nitrogens with zero attached hydrogens (tertiary/aromatic N) is 1. The van der Waals surface area contributed by atoms with E-state index in [1.54, 1.807) is 32.9 Å². The molecule has 2 aromatic carbocycles. The smallest absolute Gasteiger partial charge is 0.408 e. The number of carbonyl (C=O) groups excluding carboxylic acids is 4. The number of amides is 4. The van der Waals surface area contributed by atoms with Crippen LogP contribution in [0.5, 0.6) is 5.75 Å². The molecule has 14 nitrogen and oxygen atoms in total. The summed E-state index contributed by atoms with van der Waals surface area (Å²) in [6, 6.07) is 10.1. The molecule has 2 aromatic rings. The number of unbranched alkanes of at least 4 members (excludes halogenated alkanes) is 1. The summed E-state index contributed by atoms with van der Waals surface area (Å²) in [6.45, 7) is 12.6. The molecule has 0 saturated carbocycles. The maximum atomic E-state index is 14.1. The predicted molar refractivity (Wildman–Crippen MR) is 211 cm³/mol. The zero-order chi connectivity index (χ0) is 40.8. The Bertz CT molecular complexity index is 1660. The molecule has 0 aliphatic carbocycles. The van der Waals surface area contributed by atoms with Gasteiger partial charge in [-0.25, -0.2) is 13.2 Å². The average Bonchev–Trinajstić information content (AvgIpc) is 3.10. The number of hydrogen-bond acceptors (Lipinski definition) is 9. The Balaban J connectivity index is 1.97. The second-order valence-electron chi connectivity index (χ2n) is 15.5. The molecule has 0 fully saturated rings. The van der Waals surface area contributed by atoms with Crippen LogP contribution >= 0.6 is 0 Å². The van der Waals surface area contributed by atoms with Crippen molar-refractivity contribution >= 4 is 39.5 Å². The zero-order valence-corrected chi connectivity index (χ0v) is 34.2. The highest BCUT2D eigenvalue weighted by atomic mass is 32.2. The summed E-state index contributed by atoms with van der Waals surface area (Å²) in [5.74, 6) is -0.616. The van der Waals surface area contributed by atoms with E-state index >= 15 is 0 Å². The van der Waals surface area contributed by atoms with Crippen LogP contribution in [0.15, 0.2) is 53.4 Å². The fourth-order valence-electron chi connectivity index (χ4n) is 5.96. The standard InChI is InChI=1S/C40H61N5O9S/c1-8-9-12-33-37(48)43-35(36(47)26-45(23-22-27(2)3)55(51,52)32-20-16-30(17-21-32)41-28(4)46)25-29-14-18-31(19-15-29)53-24-11-10-13-34(38(49)42-33)44-39(50)54-40(5,6)7/h14-21,27,33-36,47H,8-13,22-26H2,1-7H3,(H,41,46)(H,42,49)(H,43,48)(H,44,50)/t33-,34+,35-,36+/m0/s1. The average molecular weight is 788 g/mol. The molecule has 2 aliphatic heterocycles. The first-order chi connectivity index (χ1) is 25.9. The quantitative estimate of drug-likeness (QED) is 0.188. The van der Waals surface area contributed by atoms with E-state index in [-0.39, 0.29) is 42.7 Å². The summed E-state index contributed by atoms with van der Waals surface area (Å²) in [7, 11) is -4.13. The van der Waals surface area contributed by atoms with Crippen LogP contribution < -0.4 is 26.0 Å². The SMILES string of the molecule is CCCC[C@@H]1NC(=O)[C@H](NC(=O)OC(C)(C)C)CCCCOc2ccc(cc2)C[C@@H]([C@H](O)CN(CCC(C)C)S(=O)(=O)c2ccc(NC(C)=O)cc2)NC1=O. The van der Waals surface area contributed by atoms with Crippen molar-refractivity contribution in [3.8, 4) is 5.75 Å². The number of anilines is 1. The molecule has 0 unspecified atom stereocenters. The van der Waals surface area contributed by atoms with Crippen molar-refractivity contribution in [1.29, 1.82) is 0 Å². The Morgan fingerprint density at radius 2 is 1.69 bits per heavy atom. The lowest BCUT2D eigenvalue weighted by molar-refractivity contribution is -0.131. The summed E-state index contributed by atoms with van der Waals surface area (Å²) >= 11 is 0. The largest absolute Gasteiger partial charge is 0.494 e. The van der Waals surface area contributed by atoms with Crippen LogP contribution in [0.2, 0.25) is 0 Å². The number of fused-ring (bicyclic) bond motifs is 14. The zero-order valence-electron chi connectivity index (χ0n) is 33.4. The third-order valence-electron chi connectivity index (χ3n) is 8.97. The van der Waals surface area contributed by atoms with Crippen LogP contribution in [0.1, 0.15) is 99.0 Å². The van der Waals surface area contributed by atoms with Gasteiger partial charge in [-0.05, 0) is 107 Å². The number of carbonyl (C=O) groups is 4. The van der Waals surface area contributed by atoms with E-state index in [0.29, 0.717) is 50.1 Å². The molecular formula is C40H61N5O9S. The molecule has 55 heavy (non-hydrogen) atoms. The number of hydrogen-bond donors (Lipinski definition) is 5. The fourth-order valence-corrected chi connectivity index (χ4v) is 7.43. The molecule has 4 atom stereocenters. The van der Waals surface area contributed by atoms with Crippen LogP contribution in [-0.2, 0) is 35.6 Å². The summed E-state index contributed by atoms with van der Waals surface area (Å²) in [4.78, 5) is 52.1. The molecule has 5 N–H and O–H groups in total. The van der Waals surface area contributed by atoms with E-state index in [2.05, 4.69) is 21.3 Å².